The molecule has 1 aromatic heterocycles. The van der Waals surface area contributed by atoms with Gasteiger partial charge in [-0.05, 0) is 66.4 Å². The summed E-state index contributed by atoms with van der Waals surface area (Å²) in [6.07, 6.45) is 9.41. The maximum absolute atomic E-state index is 13.5. The van der Waals surface area contributed by atoms with E-state index in [9.17, 15) is 9.59 Å². The first-order chi connectivity index (χ1) is 16.0. The number of nitrogens with one attached hydrogen (secondary N) is 1. The van der Waals surface area contributed by atoms with Gasteiger partial charge in [0.1, 0.15) is 17.6 Å². The molecule has 1 unspecified atom stereocenters. The van der Waals surface area contributed by atoms with Crippen molar-refractivity contribution in [1.82, 2.24) is 10.3 Å². The van der Waals surface area contributed by atoms with Crippen LogP contribution in [0.1, 0.15) is 50.5 Å². The second kappa shape index (κ2) is 7.63. The SMILES string of the molecule is CNCC1CC(=O)C2=C(C1)O[C@@H]1C(=C2)CC[C@]2(C)[C@@H](c3ccc4cnccc4c3)C(=O)C[C@@H]12. The van der Waals surface area contributed by atoms with E-state index in [1.165, 1.54) is 5.57 Å². The summed E-state index contributed by atoms with van der Waals surface area (Å²) in [5.41, 5.74) is 2.94. The van der Waals surface area contributed by atoms with Gasteiger partial charge in [-0.2, -0.15) is 0 Å². The van der Waals surface area contributed by atoms with Gasteiger partial charge in [-0.25, -0.2) is 0 Å². The van der Waals surface area contributed by atoms with Gasteiger partial charge in [-0.3, -0.25) is 14.6 Å². The van der Waals surface area contributed by atoms with Crippen molar-refractivity contribution in [3.8, 4) is 0 Å². The van der Waals surface area contributed by atoms with Crippen LogP contribution in [0.15, 0.2) is 59.6 Å². The fourth-order valence-electron chi connectivity index (χ4n) is 6.92. The molecule has 5 nitrogen and oxygen atoms in total. The van der Waals surface area contributed by atoms with Crippen LogP contribution < -0.4 is 5.32 Å². The number of fused-ring (bicyclic) bond motifs is 4. The summed E-state index contributed by atoms with van der Waals surface area (Å²) in [6.45, 7) is 3.09. The molecule has 1 aliphatic heterocycles. The van der Waals surface area contributed by atoms with E-state index in [4.69, 9.17) is 4.74 Å². The van der Waals surface area contributed by atoms with Crippen LogP contribution in [0.2, 0.25) is 0 Å². The van der Waals surface area contributed by atoms with Crippen LogP contribution in [-0.2, 0) is 14.3 Å². The number of ether oxygens (including phenoxy) is 1. The molecule has 0 radical (unpaired) electrons. The Kier molecular flexibility index (Phi) is 4.80. The molecule has 2 fully saturated rings. The maximum atomic E-state index is 13.5. The van der Waals surface area contributed by atoms with Crippen molar-refractivity contribution in [3.63, 3.8) is 0 Å². The number of carbonyl (C=O) groups is 2. The number of pyridine rings is 1. The molecule has 170 valence electrons. The van der Waals surface area contributed by atoms with E-state index < -0.39 is 0 Å². The van der Waals surface area contributed by atoms with Crippen molar-refractivity contribution in [1.29, 1.82) is 0 Å². The minimum absolute atomic E-state index is 0.0951. The first kappa shape index (κ1) is 20.8. The van der Waals surface area contributed by atoms with Crippen molar-refractivity contribution in [2.75, 3.05) is 13.6 Å². The van der Waals surface area contributed by atoms with Crippen LogP contribution in [-0.4, -0.2) is 36.2 Å². The van der Waals surface area contributed by atoms with Gasteiger partial charge >= 0.3 is 0 Å². The van der Waals surface area contributed by atoms with Gasteiger partial charge in [0.05, 0.1) is 5.57 Å². The molecule has 2 saturated carbocycles. The van der Waals surface area contributed by atoms with Gasteiger partial charge in [-0.1, -0.05) is 25.1 Å². The van der Waals surface area contributed by atoms with Crippen LogP contribution in [0, 0.1) is 17.3 Å². The Morgan fingerprint density at radius 2 is 2.03 bits per heavy atom. The predicted molar refractivity (Wildman–Crippen MR) is 127 cm³/mol. The zero-order valence-corrected chi connectivity index (χ0v) is 19.3. The Morgan fingerprint density at radius 3 is 2.88 bits per heavy atom. The van der Waals surface area contributed by atoms with Crippen molar-refractivity contribution in [3.05, 3.63) is 65.2 Å². The first-order valence-corrected chi connectivity index (χ1v) is 12.1. The summed E-state index contributed by atoms with van der Waals surface area (Å²) in [5.74, 6) is 1.65. The highest BCUT2D eigenvalue weighted by Crippen LogP contribution is 2.60. The topological polar surface area (TPSA) is 68.3 Å². The lowest BCUT2D eigenvalue weighted by atomic mass is 9.61. The van der Waals surface area contributed by atoms with Gasteiger partial charge < -0.3 is 10.1 Å². The van der Waals surface area contributed by atoms with E-state index in [2.05, 4.69) is 41.5 Å². The summed E-state index contributed by atoms with van der Waals surface area (Å²) in [7, 11) is 1.92. The number of ketones is 2. The van der Waals surface area contributed by atoms with E-state index in [-0.39, 0.29) is 35.1 Å². The monoisotopic (exact) mass is 442 g/mol. The second-order valence-corrected chi connectivity index (χ2v) is 10.5. The van der Waals surface area contributed by atoms with Crippen LogP contribution in [0.4, 0.5) is 0 Å². The highest BCUT2D eigenvalue weighted by molar-refractivity contribution is 6.00. The van der Waals surface area contributed by atoms with Crippen LogP contribution in [0.25, 0.3) is 10.8 Å². The molecule has 3 aliphatic carbocycles. The largest absolute Gasteiger partial charge is 0.489 e. The zero-order valence-electron chi connectivity index (χ0n) is 19.3. The Morgan fingerprint density at radius 1 is 1.15 bits per heavy atom. The van der Waals surface area contributed by atoms with E-state index in [1.807, 2.05) is 19.3 Å². The van der Waals surface area contributed by atoms with Gasteiger partial charge in [0.15, 0.2) is 5.78 Å². The second-order valence-electron chi connectivity index (χ2n) is 10.5. The third-order valence-electron chi connectivity index (χ3n) is 8.57. The van der Waals surface area contributed by atoms with Crippen molar-refractivity contribution in [2.45, 2.75) is 51.0 Å². The Balaban J connectivity index is 1.33. The minimum Gasteiger partial charge on any atom is -0.489 e. The van der Waals surface area contributed by atoms with Crippen molar-refractivity contribution >= 4 is 22.3 Å². The van der Waals surface area contributed by atoms with E-state index in [0.717, 1.165) is 53.5 Å². The summed E-state index contributed by atoms with van der Waals surface area (Å²) in [5, 5.41) is 5.42. The maximum Gasteiger partial charge on any atom is 0.166 e. The summed E-state index contributed by atoms with van der Waals surface area (Å²) in [6, 6.07) is 8.37. The predicted octanol–water partition coefficient (Wildman–Crippen LogP) is 4.49. The number of benzene rings is 1. The molecular formula is C28H30N2O3. The van der Waals surface area contributed by atoms with Crippen molar-refractivity contribution in [2.24, 2.45) is 17.3 Å². The minimum atomic E-state index is -0.152. The zero-order chi connectivity index (χ0) is 22.7. The normalized spacial score (nSPS) is 33.3. The number of hydrogen-bond acceptors (Lipinski definition) is 5. The molecule has 0 amide bonds. The lowest BCUT2D eigenvalue weighted by Crippen LogP contribution is -2.44. The molecule has 6 rings (SSSR count). The van der Waals surface area contributed by atoms with Gasteiger partial charge in [0, 0.05) is 48.9 Å². The molecule has 0 bridgehead atoms. The summed E-state index contributed by atoms with van der Waals surface area (Å²) in [4.78, 5) is 30.5. The molecule has 5 atom stereocenters. The standard InChI is InChI=1S/C28H30N2O3/c1-28-7-5-19-12-21-23(31)9-16(14-29-2)10-25(21)33-27(19)22(28)13-24(32)26(28)18-3-4-20-15-30-8-6-17(20)11-18/h3-4,6,8,11-12,15-16,22,26-27,29H,5,7,9-10,13-14H2,1-2H3/t16?,22-,26-,27+,28-/m0/s1. The molecule has 4 aliphatic rings. The fourth-order valence-corrected chi connectivity index (χ4v) is 6.92. The fraction of sp³-hybridized carbons (Fsp3) is 0.464. The highest BCUT2D eigenvalue weighted by atomic mass is 16.5. The molecule has 0 saturated heterocycles. The van der Waals surface area contributed by atoms with Gasteiger partial charge in [-0.15, -0.1) is 0 Å². The molecule has 1 N–H and O–H groups in total. The first-order valence-electron chi connectivity index (χ1n) is 12.1. The number of Topliss-reactive ketones (excluding diaryl/α,β-unsaturated/α-hetero) is 2. The van der Waals surface area contributed by atoms with Gasteiger partial charge in [0.25, 0.3) is 0 Å². The van der Waals surface area contributed by atoms with Crippen LogP contribution in [0.3, 0.4) is 0 Å². The number of carbonyl (C=O) groups excluding carboxylic acids is 2. The Bertz CT molecular complexity index is 1230. The summed E-state index contributed by atoms with van der Waals surface area (Å²) >= 11 is 0. The highest BCUT2D eigenvalue weighted by Gasteiger charge is 2.58. The average Bonchev–Trinajstić information content (AvgIpc) is 3.08. The van der Waals surface area contributed by atoms with Crippen LogP contribution >= 0.6 is 0 Å². The number of allylic oxidation sites excluding steroid dienone is 3. The molecule has 0 spiro atoms. The lowest BCUT2D eigenvalue weighted by molar-refractivity contribution is -0.120. The third kappa shape index (κ3) is 3.20. The summed E-state index contributed by atoms with van der Waals surface area (Å²) < 4.78 is 6.63. The van der Waals surface area contributed by atoms with E-state index in [0.29, 0.717) is 18.6 Å². The molecule has 5 heteroatoms. The number of rotatable bonds is 3. The number of nitrogens with zero attached hydrogens (tertiary/aromatic N) is 1. The average molecular weight is 443 g/mol. The molecular weight excluding hydrogens is 412 g/mol. The smallest absolute Gasteiger partial charge is 0.166 e. The molecule has 1 aromatic carbocycles. The number of aromatic nitrogens is 1. The van der Waals surface area contributed by atoms with E-state index >= 15 is 0 Å². The lowest BCUT2D eigenvalue weighted by Gasteiger charge is -2.47. The molecule has 2 aromatic rings. The third-order valence-corrected chi connectivity index (χ3v) is 8.57. The van der Waals surface area contributed by atoms with E-state index in [1.54, 1.807) is 6.20 Å². The Hall–Kier alpha value is -2.79. The Labute approximate surface area is 194 Å². The van der Waals surface area contributed by atoms with Crippen LogP contribution in [0.5, 0.6) is 0 Å². The molecule has 2 heterocycles. The number of hydrogen-bond donors (Lipinski definition) is 1. The quantitative estimate of drug-likeness (QED) is 0.759. The molecule has 33 heavy (non-hydrogen) atoms. The van der Waals surface area contributed by atoms with Crippen molar-refractivity contribution < 1.29 is 14.3 Å². The van der Waals surface area contributed by atoms with Gasteiger partial charge in [0.2, 0.25) is 0 Å².